The van der Waals surface area contributed by atoms with Gasteiger partial charge in [-0.2, -0.15) is 0 Å². The number of morpholine rings is 1. The van der Waals surface area contributed by atoms with E-state index in [1.165, 1.54) is 0 Å². The average Bonchev–Trinajstić information content (AvgIpc) is 3.02. The summed E-state index contributed by atoms with van der Waals surface area (Å²) >= 11 is 0. The highest BCUT2D eigenvalue weighted by atomic mass is 19.1. The first-order chi connectivity index (χ1) is 20.8. The van der Waals surface area contributed by atoms with Gasteiger partial charge in [-0.3, -0.25) is 9.88 Å². The Kier molecular flexibility index (Phi) is 10.5. The van der Waals surface area contributed by atoms with Crippen molar-refractivity contribution < 1.29 is 32.1 Å². The SMILES string of the molecule is COc1ccc2ncc(CN3CCOCC3)c(C(F)CCC3(CO)CCN(CCCc4c(F)cc(F)cc4F)CC3)c2c1. The van der Waals surface area contributed by atoms with Gasteiger partial charge in [0.15, 0.2) is 0 Å². The number of likely N-dealkylation sites (tertiary alicyclic amines) is 1. The van der Waals surface area contributed by atoms with Crippen LogP contribution in [0.5, 0.6) is 5.75 Å². The predicted octanol–water partition coefficient (Wildman–Crippen LogP) is 5.99. The third kappa shape index (κ3) is 7.66. The van der Waals surface area contributed by atoms with Gasteiger partial charge in [0.2, 0.25) is 0 Å². The standard InChI is InChI=1S/C33H41F4N3O3/c1-42-25-4-5-31-27(19-25)32(23(20-38-31)21-40-13-15-43-16-14-40)28(35)6-7-33(22-41)8-11-39(12-9-33)10-2-3-26-29(36)17-24(34)18-30(26)37/h4-5,17-20,28,41H,2-3,6-16,21-22H2,1H3. The number of halogens is 4. The number of aliphatic hydroxyl groups is 1. The Morgan fingerprint density at radius 3 is 2.42 bits per heavy atom. The normalized spacial score (nSPS) is 18.7. The van der Waals surface area contributed by atoms with Crippen molar-refractivity contribution in [1.82, 2.24) is 14.8 Å². The molecule has 0 bridgehead atoms. The van der Waals surface area contributed by atoms with Crippen LogP contribution >= 0.6 is 0 Å². The first-order valence-electron chi connectivity index (χ1n) is 15.2. The summed E-state index contributed by atoms with van der Waals surface area (Å²) in [5, 5.41) is 11.2. The second-order valence-corrected chi connectivity index (χ2v) is 11.9. The average molecular weight is 604 g/mol. The topological polar surface area (TPSA) is 58.1 Å². The van der Waals surface area contributed by atoms with Gasteiger partial charge in [0.25, 0.3) is 0 Å². The molecule has 3 aromatic rings. The molecule has 1 aromatic heterocycles. The molecule has 1 atom stereocenters. The molecule has 6 nitrogen and oxygen atoms in total. The highest BCUT2D eigenvalue weighted by molar-refractivity contribution is 5.85. The molecule has 0 saturated carbocycles. The lowest BCUT2D eigenvalue weighted by Crippen LogP contribution is -2.42. The molecule has 3 heterocycles. The van der Waals surface area contributed by atoms with Crippen molar-refractivity contribution in [2.75, 3.05) is 59.7 Å². The van der Waals surface area contributed by atoms with E-state index in [9.17, 15) is 18.3 Å². The number of aliphatic hydroxyl groups excluding tert-OH is 1. The molecule has 43 heavy (non-hydrogen) atoms. The zero-order chi connectivity index (χ0) is 30.4. The largest absolute Gasteiger partial charge is 0.497 e. The summed E-state index contributed by atoms with van der Waals surface area (Å²) in [7, 11) is 1.59. The zero-order valence-electron chi connectivity index (χ0n) is 24.8. The zero-order valence-corrected chi connectivity index (χ0v) is 24.8. The van der Waals surface area contributed by atoms with Crippen LogP contribution in [0.4, 0.5) is 17.6 Å². The van der Waals surface area contributed by atoms with Crippen LogP contribution in [-0.4, -0.2) is 79.5 Å². The van der Waals surface area contributed by atoms with Crippen LogP contribution in [-0.2, 0) is 17.7 Å². The van der Waals surface area contributed by atoms with Gasteiger partial charge in [-0.15, -0.1) is 0 Å². The van der Waals surface area contributed by atoms with Gasteiger partial charge in [-0.25, -0.2) is 17.6 Å². The van der Waals surface area contributed by atoms with Gasteiger partial charge in [-0.1, -0.05) is 0 Å². The number of hydrogen-bond donors (Lipinski definition) is 1. The number of ether oxygens (including phenoxy) is 2. The van der Waals surface area contributed by atoms with Crippen LogP contribution in [0.2, 0.25) is 0 Å². The minimum Gasteiger partial charge on any atom is -0.497 e. The highest BCUT2D eigenvalue weighted by Gasteiger charge is 2.35. The van der Waals surface area contributed by atoms with E-state index in [4.69, 9.17) is 9.47 Å². The highest BCUT2D eigenvalue weighted by Crippen LogP contribution is 2.41. The van der Waals surface area contributed by atoms with Gasteiger partial charge in [0.05, 0.1) is 25.8 Å². The number of nitrogens with zero attached hydrogens (tertiary/aromatic N) is 3. The summed E-state index contributed by atoms with van der Waals surface area (Å²) in [6, 6.07) is 6.96. The Balaban J connectivity index is 1.22. The van der Waals surface area contributed by atoms with Crippen LogP contribution in [0.15, 0.2) is 36.5 Å². The fraction of sp³-hybridized carbons (Fsp3) is 0.545. The van der Waals surface area contributed by atoms with Crippen molar-refractivity contribution in [2.45, 2.75) is 51.2 Å². The fourth-order valence-corrected chi connectivity index (χ4v) is 6.46. The lowest BCUT2D eigenvalue weighted by atomic mass is 9.74. The van der Waals surface area contributed by atoms with Crippen LogP contribution < -0.4 is 4.74 Å². The molecule has 0 spiro atoms. The molecule has 2 saturated heterocycles. The fourth-order valence-electron chi connectivity index (χ4n) is 6.46. The number of hydrogen-bond acceptors (Lipinski definition) is 6. The smallest absolute Gasteiger partial charge is 0.132 e. The summed E-state index contributed by atoms with van der Waals surface area (Å²) in [4.78, 5) is 9.09. The molecule has 10 heteroatoms. The summed E-state index contributed by atoms with van der Waals surface area (Å²) < 4.78 is 68.5. The molecule has 5 rings (SSSR count). The molecule has 0 amide bonds. The Hall–Kier alpha value is -2.79. The number of alkyl halides is 1. The van der Waals surface area contributed by atoms with Crippen molar-refractivity contribution >= 4 is 10.9 Å². The van der Waals surface area contributed by atoms with Gasteiger partial charge in [0, 0.05) is 61.1 Å². The third-order valence-electron chi connectivity index (χ3n) is 9.20. The number of rotatable bonds is 12. The number of aromatic nitrogens is 1. The van der Waals surface area contributed by atoms with E-state index >= 15 is 4.39 Å². The Labute approximate surface area is 250 Å². The maximum Gasteiger partial charge on any atom is 0.132 e. The molecule has 0 radical (unpaired) electrons. The Bertz CT molecular complexity index is 1350. The van der Waals surface area contributed by atoms with Gasteiger partial charge in [-0.05, 0) is 87.3 Å². The number of pyridine rings is 1. The molecule has 234 valence electrons. The predicted molar refractivity (Wildman–Crippen MR) is 157 cm³/mol. The molecule has 1 N–H and O–H groups in total. The minimum atomic E-state index is -1.24. The Morgan fingerprint density at radius 1 is 1.02 bits per heavy atom. The van der Waals surface area contributed by atoms with Crippen molar-refractivity contribution in [2.24, 2.45) is 5.41 Å². The molecular formula is C33H41F4N3O3. The third-order valence-corrected chi connectivity index (χ3v) is 9.20. The molecule has 2 fully saturated rings. The van der Waals surface area contributed by atoms with Crippen molar-refractivity contribution in [3.63, 3.8) is 0 Å². The molecule has 2 aromatic carbocycles. The van der Waals surface area contributed by atoms with E-state index in [2.05, 4.69) is 14.8 Å². The van der Waals surface area contributed by atoms with Gasteiger partial charge in [0.1, 0.15) is 29.4 Å². The molecule has 1 unspecified atom stereocenters. The van der Waals surface area contributed by atoms with Gasteiger partial charge >= 0.3 is 0 Å². The lowest BCUT2D eigenvalue weighted by molar-refractivity contribution is 0.0293. The van der Waals surface area contributed by atoms with Crippen molar-refractivity contribution in [1.29, 1.82) is 0 Å². The quantitative estimate of drug-likeness (QED) is 0.257. The van der Waals surface area contributed by atoms with Crippen LogP contribution in [0.3, 0.4) is 0 Å². The van der Waals surface area contributed by atoms with E-state index in [1.54, 1.807) is 13.3 Å². The summed E-state index contributed by atoms with van der Waals surface area (Å²) in [6.07, 6.45) is 3.49. The first-order valence-corrected chi connectivity index (χ1v) is 15.2. The molecule has 2 aliphatic heterocycles. The van der Waals surface area contributed by atoms with Crippen LogP contribution in [0.1, 0.15) is 55.0 Å². The van der Waals surface area contributed by atoms with Crippen molar-refractivity contribution in [3.05, 3.63) is 70.7 Å². The summed E-state index contributed by atoms with van der Waals surface area (Å²) in [5.41, 5.74) is 1.74. The van der Waals surface area contributed by atoms with E-state index in [1.807, 2.05) is 18.2 Å². The second-order valence-electron chi connectivity index (χ2n) is 11.9. The van der Waals surface area contributed by atoms with E-state index < -0.39 is 23.6 Å². The number of piperidine rings is 1. The van der Waals surface area contributed by atoms with E-state index in [0.717, 1.165) is 29.6 Å². The number of fused-ring (bicyclic) bond motifs is 1. The van der Waals surface area contributed by atoms with E-state index in [0.29, 0.717) is 88.5 Å². The minimum absolute atomic E-state index is 0.0227. The maximum absolute atomic E-state index is 16.4. The number of benzene rings is 2. The van der Waals surface area contributed by atoms with Crippen LogP contribution in [0, 0.1) is 22.9 Å². The van der Waals surface area contributed by atoms with Gasteiger partial charge < -0.3 is 19.5 Å². The Morgan fingerprint density at radius 2 is 1.74 bits per heavy atom. The summed E-state index contributed by atoms with van der Waals surface area (Å²) in [5.74, 6) is -1.99. The number of methoxy groups -OCH3 is 1. The maximum atomic E-state index is 16.4. The molecule has 0 aliphatic carbocycles. The van der Waals surface area contributed by atoms with E-state index in [-0.39, 0.29) is 30.4 Å². The lowest BCUT2D eigenvalue weighted by Gasteiger charge is -2.41. The van der Waals surface area contributed by atoms with Crippen LogP contribution in [0.25, 0.3) is 10.9 Å². The molecular weight excluding hydrogens is 562 g/mol. The second kappa shape index (κ2) is 14.3. The monoisotopic (exact) mass is 603 g/mol. The summed E-state index contributed by atoms with van der Waals surface area (Å²) in [6.45, 7) is 5.50. The molecule has 2 aliphatic rings. The van der Waals surface area contributed by atoms with Crippen molar-refractivity contribution in [3.8, 4) is 5.75 Å². The first kappa shape index (κ1) is 31.6.